The van der Waals surface area contributed by atoms with E-state index in [-0.39, 0.29) is 5.91 Å². The van der Waals surface area contributed by atoms with Crippen molar-refractivity contribution in [1.82, 2.24) is 0 Å². The van der Waals surface area contributed by atoms with Crippen LogP contribution < -0.4 is 10.6 Å². The van der Waals surface area contributed by atoms with E-state index < -0.39 is 11.3 Å². The van der Waals surface area contributed by atoms with Crippen LogP contribution in [0.2, 0.25) is 5.02 Å². The summed E-state index contributed by atoms with van der Waals surface area (Å²) in [6.07, 6.45) is 0. The molecule has 4 nitrogen and oxygen atoms in total. The van der Waals surface area contributed by atoms with Gasteiger partial charge in [-0.15, -0.1) is 0 Å². The molecule has 2 aromatic carbocycles. The lowest BCUT2D eigenvalue weighted by molar-refractivity contribution is -0.135. The highest BCUT2D eigenvalue weighted by atomic mass is 35.5. The van der Waals surface area contributed by atoms with Crippen LogP contribution in [0.15, 0.2) is 42.5 Å². The normalized spacial score (nSPS) is 11.0. The maximum Gasteiger partial charge on any atom is 0.239 e. The number of benzene rings is 2. The molecule has 2 aromatic rings. The van der Waals surface area contributed by atoms with E-state index >= 15 is 0 Å². The van der Waals surface area contributed by atoms with Gasteiger partial charge in [0, 0.05) is 16.4 Å². The zero-order valence-corrected chi connectivity index (χ0v) is 15.0. The van der Waals surface area contributed by atoms with Crippen LogP contribution in [0.1, 0.15) is 25.0 Å². The molecule has 5 heteroatoms. The second kappa shape index (κ2) is 7.05. The van der Waals surface area contributed by atoms with E-state index in [4.69, 9.17) is 11.6 Å². The highest BCUT2D eigenvalue weighted by molar-refractivity contribution is 6.31. The van der Waals surface area contributed by atoms with E-state index in [0.717, 1.165) is 11.1 Å². The first kappa shape index (κ1) is 18.0. The van der Waals surface area contributed by atoms with Crippen molar-refractivity contribution >= 4 is 34.8 Å². The van der Waals surface area contributed by atoms with Crippen LogP contribution in [0.25, 0.3) is 0 Å². The maximum absolute atomic E-state index is 12.6. The van der Waals surface area contributed by atoms with Crippen molar-refractivity contribution in [1.29, 1.82) is 0 Å². The van der Waals surface area contributed by atoms with Gasteiger partial charge in [0.05, 0.1) is 0 Å². The Bertz CT molecular complexity index is 767. The average molecular weight is 345 g/mol. The molecule has 0 saturated heterocycles. The first-order valence-electron chi connectivity index (χ1n) is 7.66. The van der Waals surface area contributed by atoms with Gasteiger partial charge in [-0.25, -0.2) is 0 Å². The second-order valence-electron chi connectivity index (χ2n) is 6.36. The Morgan fingerprint density at radius 3 is 2.12 bits per heavy atom. The topological polar surface area (TPSA) is 58.2 Å². The van der Waals surface area contributed by atoms with Crippen molar-refractivity contribution in [3.05, 3.63) is 58.6 Å². The van der Waals surface area contributed by atoms with Gasteiger partial charge in [-0.1, -0.05) is 35.4 Å². The van der Waals surface area contributed by atoms with Crippen LogP contribution in [0.4, 0.5) is 11.4 Å². The molecule has 0 bridgehead atoms. The van der Waals surface area contributed by atoms with E-state index in [0.29, 0.717) is 16.4 Å². The minimum atomic E-state index is -1.24. The van der Waals surface area contributed by atoms with E-state index in [2.05, 4.69) is 10.6 Å². The fourth-order valence-electron chi connectivity index (χ4n) is 2.03. The third kappa shape index (κ3) is 4.15. The summed E-state index contributed by atoms with van der Waals surface area (Å²) < 4.78 is 0. The molecular formula is C19H21ClN2O2. The smallest absolute Gasteiger partial charge is 0.239 e. The molecule has 0 aromatic heterocycles. The summed E-state index contributed by atoms with van der Waals surface area (Å²) in [5, 5.41) is 6.08. The fourth-order valence-corrected chi connectivity index (χ4v) is 2.21. The van der Waals surface area contributed by atoms with Crippen LogP contribution in [0, 0.1) is 19.3 Å². The van der Waals surface area contributed by atoms with Gasteiger partial charge in [0.25, 0.3) is 0 Å². The van der Waals surface area contributed by atoms with Crippen LogP contribution >= 0.6 is 11.6 Å². The molecule has 2 N–H and O–H groups in total. The number of nitrogens with one attached hydrogen (secondary N) is 2. The molecule has 0 fully saturated rings. The van der Waals surface area contributed by atoms with Crippen molar-refractivity contribution in [2.24, 2.45) is 5.41 Å². The summed E-state index contributed by atoms with van der Waals surface area (Å²) in [5.74, 6) is -0.763. The third-order valence-electron chi connectivity index (χ3n) is 3.89. The molecule has 0 saturated carbocycles. The number of hydrogen-bond donors (Lipinski definition) is 2. The zero-order valence-electron chi connectivity index (χ0n) is 14.2. The van der Waals surface area contributed by atoms with Crippen LogP contribution in [-0.4, -0.2) is 11.8 Å². The first-order chi connectivity index (χ1) is 11.2. The lowest BCUT2D eigenvalue weighted by atomic mass is 9.90. The Labute approximate surface area is 147 Å². The van der Waals surface area contributed by atoms with E-state index in [1.165, 1.54) is 0 Å². The van der Waals surface area contributed by atoms with Gasteiger partial charge in [-0.05, 0) is 57.5 Å². The molecule has 24 heavy (non-hydrogen) atoms. The Morgan fingerprint density at radius 1 is 0.917 bits per heavy atom. The second-order valence-corrected chi connectivity index (χ2v) is 6.79. The summed E-state index contributed by atoms with van der Waals surface area (Å²) in [6.45, 7) is 7.01. The predicted octanol–water partition coefficient (Wildman–Crippen LogP) is 4.56. The summed E-state index contributed by atoms with van der Waals surface area (Å²) in [5.41, 5.74) is 2.00. The number of amides is 2. The van der Waals surface area contributed by atoms with Gasteiger partial charge in [0.15, 0.2) is 0 Å². The average Bonchev–Trinajstić information content (AvgIpc) is 2.53. The first-order valence-corrected chi connectivity index (χ1v) is 8.03. The van der Waals surface area contributed by atoms with Gasteiger partial charge in [0.2, 0.25) is 11.8 Å². The number of hydrogen-bond acceptors (Lipinski definition) is 2. The number of aryl methyl sites for hydroxylation is 2. The minimum Gasteiger partial charge on any atom is -0.325 e. The molecule has 2 rings (SSSR count). The van der Waals surface area contributed by atoms with Crippen molar-refractivity contribution in [2.75, 3.05) is 10.6 Å². The fraction of sp³-hybridized carbons (Fsp3) is 0.263. The van der Waals surface area contributed by atoms with E-state index in [1.807, 2.05) is 44.2 Å². The molecular weight excluding hydrogens is 324 g/mol. The quantitative estimate of drug-likeness (QED) is 0.799. The summed E-state index contributed by atoms with van der Waals surface area (Å²) in [4.78, 5) is 25.1. The molecule has 0 spiro atoms. The monoisotopic (exact) mass is 344 g/mol. The Morgan fingerprint density at radius 2 is 1.50 bits per heavy atom. The van der Waals surface area contributed by atoms with Crippen molar-refractivity contribution < 1.29 is 9.59 Å². The predicted molar refractivity (Wildman–Crippen MR) is 98.4 cm³/mol. The highest BCUT2D eigenvalue weighted by Gasteiger charge is 2.36. The van der Waals surface area contributed by atoms with E-state index in [9.17, 15) is 9.59 Å². The maximum atomic E-state index is 12.6. The lowest BCUT2D eigenvalue weighted by Gasteiger charge is -2.23. The van der Waals surface area contributed by atoms with Gasteiger partial charge >= 0.3 is 0 Å². The van der Waals surface area contributed by atoms with Gasteiger partial charge in [0.1, 0.15) is 5.41 Å². The van der Waals surface area contributed by atoms with Gasteiger partial charge in [-0.2, -0.15) is 0 Å². The van der Waals surface area contributed by atoms with Crippen LogP contribution in [-0.2, 0) is 9.59 Å². The minimum absolute atomic E-state index is 0.372. The molecule has 0 unspecified atom stereocenters. The SMILES string of the molecule is Cc1ccc(NC(=O)C(C)(C)C(=O)Nc2cc(Cl)ccc2C)cc1. The molecule has 0 aliphatic carbocycles. The number of carbonyl (C=O) groups excluding carboxylic acids is 2. The lowest BCUT2D eigenvalue weighted by Crippen LogP contribution is -2.41. The molecule has 0 heterocycles. The molecule has 126 valence electrons. The van der Waals surface area contributed by atoms with Crippen molar-refractivity contribution in [3.63, 3.8) is 0 Å². The Kier molecular flexibility index (Phi) is 5.30. The van der Waals surface area contributed by atoms with Gasteiger partial charge in [-0.3, -0.25) is 9.59 Å². The number of anilines is 2. The summed E-state index contributed by atoms with van der Waals surface area (Å²) in [7, 11) is 0. The van der Waals surface area contributed by atoms with Crippen molar-refractivity contribution in [2.45, 2.75) is 27.7 Å². The molecule has 0 atom stereocenters. The molecule has 0 aliphatic rings. The van der Waals surface area contributed by atoms with E-state index in [1.54, 1.807) is 26.0 Å². The third-order valence-corrected chi connectivity index (χ3v) is 4.13. The summed E-state index contributed by atoms with van der Waals surface area (Å²) >= 11 is 5.97. The van der Waals surface area contributed by atoms with Crippen molar-refractivity contribution in [3.8, 4) is 0 Å². The number of carbonyl (C=O) groups is 2. The van der Waals surface area contributed by atoms with Crippen LogP contribution in [0.3, 0.4) is 0 Å². The van der Waals surface area contributed by atoms with Gasteiger partial charge < -0.3 is 10.6 Å². The Hall–Kier alpha value is -2.33. The van der Waals surface area contributed by atoms with Crippen LogP contribution in [0.5, 0.6) is 0 Å². The molecule has 0 radical (unpaired) electrons. The standard InChI is InChI=1S/C19H21ClN2O2/c1-12-5-9-15(10-6-12)21-17(23)19(3,4)18(24)22-16-11-14(20)8-7-13(16)2/h5-11H,1-4H3,(H,21,23)(H,22,24). The molecule has 2 amide bonds. The molecule has 0 aliphatic heterocycles. The summed E-state index contributed by atoms with van der Waals surface area (Å²) in [6, 6.07) is 12.7. The zero-order chi connectivity index (χ0) is 17.9. The largest absolute Gasteiger partial charge is 0.325 e. The number of rotatable bonds is 4. The Balaban J connectivity index is 2.12. The number of halogens is 1. The highest BCUT2D eigenvalue weighted by Crippen LogP contribution is 2.25.